The summed E-state index contributed by atoms with van der Waals surface area (Å²) in [5, 5.41) is 0. The number of rotatable bonds is 7. The van der Waals surface area contributed by atoms with Gasteiger partial charge in [-0.1, -0.05) is 60.8 Å². The molecule has 0 spiro atoms. The van der Waals surface area contributed by atoms with Gasteiger partial charge in [-0.25, -0.2) is 0 Å². The topological polar surface area (TPSA) is 122 Å². The van der Waals surface area contributed by atoms with Gasteiger partial charge < -0.3 is 23.8 Å². The summed E-state index contributed by atoms with van der Waals surface area (Å²) in [5.74, 6) is 2.08. The average molecular weight is 303 g/mol. The minimum atomic E-state index is 0. The van der Waals surface area contributed by atoms with Gasteiger partial charge in [0.2, 0.25) is 0 Å². The fourth-order valence-corrected chi connectivity index (χ4v) is 2.50. The van der Waals surface area contributed by atoms with Crippen LogP contribution in [0.5, 0.6) is 0 Å². The minimum absolute atomic E-state index is 0. The summed E-state index contributed by atoms with van der Waals surface area (Å²) in [6.07, 6.45) is 4.82. The first-order valence-electron chi connectivity index (χ1n) is 4.47. The summed E-state index contributed by atoms with van der Waals surface area (Å²) in [7, 11) is 0. The van der Waals surface area contributed by atoms with E-state index in [0.29, 0.717) is 8.64 Å². The van der Waals surface area contributed by atoms with Gasteiger partial charge in [-0.15, -0.1) is 0 Å². The molecule has 16 heavy (non-hydrogen) atoms. The molecular formula is C8H22N4S4. The molecule has 0 aromatic carbocycles. The van der Waals surface area contributed by atoms with Gasteiger partial charge in [0.05, 0.1) is 0 Å². The zero-order valence-corrected chi connectivity index (χ0v) is 12.7. The Balaban J connectivity index is -0.000000845. The molecule has 0 bridgehead atoms. The van der Waals surface area contributed by atoms with E-state index in [4.69, 9.17) is 35.9 Å². The van der Waals surface area contributed by atoms with Crippen molar-refractivity contribution >= 4 is 56.6 Å². The van der Waals surface area contributed by atoms with E-state index in [-0.39, 0.29) is 12.3 Å². The lowest BCUT2D eigenvalue weighted by atomic mass is 10.2. The summed E-state index contributed by atoms with van der Waals surface area (Å²) >= 11 is 12.6. The summed E-state index contributed by atoms with van der Waals surface area (Å²) < 4.78 is 1.10. The Kier molecular flexibility index (Phi) is 20.8. The maximum Gasteiger partial charge on any atom is 0.131 e. The van der Waals surface area contributed by atoms with Crippen molar-refractivity contribution in [2.45, 2.75) is 25.7 Å². The fourth-order valence-electron chi connectivity index (χ4n) is 0.903. The molecule has 0 amide bonds. The standard InChI is InChI=1S/C8H16N2S4.2H3N/c9-7(11)13-5-3-1-2-4-6-14-8(10)12;;/h1-6H2,(H2,9,11)(H2,10,12);2*1H3. The maximum atomic E-state index is 5.35. The zero-order chi connectivity index (χ0) is 10.8. The molecule has 0 fully saturated rings. The van der Waals surface area contributed by atoms with Gasteiger partial charge in [0.1, 0.15) is 8.64 Å². The predicted octanol–water partition coefficient (Wildman–Crippen LogP) is 2.82. The van der Waals surface area contributed by atoms with Crippen LogP contribution in [0.15, 0.2) is 0 Å². The second kappa shape index (κ2) is 15.4. The van der Waals surface area contributed by atoms with Crippen LogP contribution in [0.2, 0.25) is 0 Å². The number of thioether (sulfide) groups is 2. The van der Waals surface area contributed by atoms with Crippen molar-refractivity contribution in [3.8, 4) is 0 Å². The smallest absolute Gasteiger partial charge is 0.131 e. The summed E-state index contributed by atoms with van der Waals surface area (Å²) in [6, 6.07) is 0. The molecular weight excluding hydrogens is 280 g/mol. The van der Waals surface area contributed by atoms with Crippen LogP contribution in [0.3, 0.4) is 0 Å². The van der Waals surface area contributed by atoms with Crippen LogP contribution in [0, 0.1) is 0 Å². The first-order chi connectivity index (χ1) is 6.63. The molecule has 0 saturated carbocycles. The van der Waals surface area contributed by atoms with Crippen LogP contribution in [0.1, 0.15) is 25.7 Å². The van der Waals surface area contributed by atoms with Crippen molar-refractivity contribution < 1.29 is 0 Å². The van der Waals surface area contributed by atoms with Crippen molar-refractivity contribution in [3.63, 3.8) is 0 Å². The molecule has 8 heteroatoms. The molecule has 0 aliphatic carbocycles. The zero-order valence-electron chi connectivity index (χ0n) is 9.44. The highest BCUT2D eigenvalue weighted by Gasteiger charge is 1.94. The molecule has 0 aromatic heterocycles. The molecule has 10 N–H and O–H groups in total. The number of unbranched alkanes of at least 4 members (excludes halogenated alkanes) is 3. The van der Waals surface area contributed by atoms with Crippen molar-refractivity contribution in [1.82, 2.24) is 12.3 Å². The van der Waals surface area contributed by atoms with E-state index < -0.39 is 0 Å². The molecule has 4 nitrogen and oxygen atoms in total. The van der Waals surface area contributed by atoms with Crippen LogP contribution < -0.4 is 23.8 Å². The van der Waals surface area contributed by atoms with Gasteiger partial charge in [-0.05, 0) is 12.8 Å². The molecule has 98 valence electrons. The van der Waals surface area contributed by atoms with E-state index in [1.165, 1.54) is 25.7 Å². The molecule has 0 aliphatic rings. The third kappa shape index (κ3) is 19.9. The van der Waals surface area contributed by atoms with E-state index in [1.54, 1.807) is 23.5 Å². The summed E-state index contributed by atoms with van der Waals surface area (Å²) in [5.41, 5.74) is 10.7. The highest BCUT2D eigenvalue weighted by atomic mass is 32.2. The molecule has 0 radical (unpaired) electrons. The molecule has 0 unspecified atom stereocenters. The van der Waals surface area contributed by atoms with Gasteiger partial charge >= 0.3 is 0 Å². The quantitative estimate of drug-likeness (QED) is 0.418. The fraction of sp³-hybridized carbons (Fsp3) is 0.750. The highest BCUT2D eigenvalue weighted by molar-refractivity contribution is 8.23. The van der Waals surface area contributed by atoms with Crippen LogP contribution in [-0.2, 0) is 0 Å². The van der Waals surface area contributed by atoms with Gasteiger partial charge in [0.25, 0.3) is 0 Å². The molecule has 0 rings (SSSR count). The second-order valence-electron chi connectivity index (χ2n) is 2.75. The van der Waals surface area contributed by atoms with E-state index >= 15 is 0 Å². The number of hydrogen-bond donors (Lipinski definition) is 4. The van der Waals surface area contributed by atoms with Gasteiger partial charge in [-0.3, -0.25) is 0 Å². The van der Waals surface area contributed by atoms with E-state index in [1.807, 2.05) is 0 Å². The first-order valence-corrected chi connectivity index (χ1v) is 7.26. The summed E-state index contributed by atoms with van der Waals surface area (Å²) in [4.78, 5) is 0. The second-order valence-corrected chi connectivity index (χ2v) is 6.42. The third-order valence-electron chi connectivity index (χ3n) is 1.53. The Labute approximate surface area is 117 Å². The van der Waals surface area contributed by atoms with E-state index in [0.717, 1.165) is 11.5 Å². The SMILES string of the molecule is N.N.NC(=S)SCCCCCCSC(N)=S. The van der Waals surface area contributed by atoms with Gasteiger partial charge in [0.15, 0.2) is 0 Å². The Bertz CT molecular complexity index is 169. The average Bonchev–Trinajstić information content (AvgIpc) is 2.08. The van der Waals surface area contributed by atoms with Crippen LogP contribution in [0.25, 0.3) is 0 Å². The Morgan fingerprint density at radius 3 is 1.31 bits per heavy atom. The monoisotopic (exact) mass is 302 g/mol. The van der Waals surface area contributed by atoms with Crippen LogP contribution in [-0.4, -0.2) is 20.1 Å². The van der Waals surface area contributed by atoms with Crippen LogP contribution >= 0.6 is 48.0 Å². The number of hydrogen-bond acceptors (Lipinski definition) is 6. The number of thiocarbonyl (C=S) groups is 2. The molecule has 0 heterocycles. The maximum absolute atomic E-state index is 5.35. The molecule has 0 aliphatic heterocycles. The minimum Gasteiger partial charge on any atom is -0.385 e. The van der Waals surface area contributed by atoms with Crippen molar-refractivity contribution in [2.75, 3.05) is 11.5 Å². The lowest BCUT2D eigenvalue weighted by Crippen LogP contribution is -2.03. The molecule has 0 aromatic rings. The predicted molar refractivity (Wildman–Crippen MR) is 87.0 cm³/mol. The lowest BCUT2D eigenvalue weighted by Gasteiger charge is -2.00. The summed E-state index contributed by atoms with van der Waals surface area (Å²) in [6.45, 7) is 0. The van der Waals surface area contributed by atoms with Gasteiger partial charge in [0, 0.05) is 11.5 Å². The third-order valence-corrected chi connectivity index (χ3v) is 3.79. The Hall–Kier alpha value is 0.400. The highest BCUT2D eigenvalue weighted by Crippen LogP contribution is 2.10. The van der Waals surface area contributed by atoms with Crippen molar-refractivity contribution in [1.29, 1.82) is 0 Å². The molecule has 0 atom stereocenters. The Morgan fingerprint density at radius 1 is 0.750 bits per heavy atom. The normalized spacial score (nSPS) is 8.75. The van der Waals surface area contributed by atoms with Crippen molar-refractivity contribution in [3.05, 3.63) is 0 Å². The van der Waals surface area contributed by atoms with Crippen LogP contribution in [0.4, 0.5) is 0 Å². The Morgan fingerprint density at radius 2 is 1.06 bits per heavy atom. The first kappa shape index (κ1) is 21.7. The van der Waals surface area contributed by atoms with E-state index in [9.17, 15) is 0 Å². The lowest BCUT2D eigenvalue weighted by molar-refractivity contribution is 0.712. The van der Waals surface area contributed by atoms with Crippen molar-refractivity contribution in [2.24, 2.45) is 11.5 Å². The molecule has 0 saturated heterocycles. The number of nitrogens with two attached hydrogens (primary N) is 2. The van der Waals surface area contributed by atoms with E-state index in [2.05, 4.69) is 0 Å². The van der Waals surface area contributed by atoms with Gasteiger partial charge in [-0.2, -0.15) is 0 Å². The largest absolute Gasteiger partial charge is 0.385 e.